The van der Waals surface area contributed by atoms with E-state index in [0.29, 0.717) is 23.4 Å². The summed E-state index contributed by atoms with van der Waals surface area (Å²) < 4.78 is 4.03. The Morgan fingerprint density at radius 2 is 2.16 bits per heavy atom. The van der Waals surface area contributed by atoms with Gasteiger partial charge in [0.25, 0.3) is 0 Å². The van der Waals surface area contributed by atoms with Gasteiger partial charge in [0.1, 0.15) is 4.99 Å². The molecule has 3 rings (SSSR count). The van der Waals surface area contributed by atoms with E-state index in [1.165, 1.54) is 25.7 Å². The quantitative estimate of drug-likeness (QED) is 0.865. The first-order valence-electron chi connectivity index (χ1n) is 6.59. The van der Waals surface area contributed by atoms with Crippen LogP contribution in [-0.2, 0) is 6.54 Å². The number of thiocarbonyl (C=S) groups is 1. The molecule has 1 aliphatic carbocycles. The monoisotopic (exact) mass is 275 g/mol. The first-order chi connectivity index (χ1) is 9.24. The zero-order valence-electron chi connectivity index (χ0n) is 10.7. The molecule has 6 heteroatoms. The molecular weight excluding hydrogens is 258 g/mol. The third-order valence-electron chi connectivity index (χ3n) is 3.63. The molecule has 0 amide bonds. The van der Waals surface area contributed by atoms with Gasteiger partial charge in [-0.15, -0.1) is 0 Å². The summed E-state index contributed by atoms with van der Waals surface area (Å²) in [5, 5.41) is 4.65. The molecule has 5 nitrogen and oxygen atoms in total. The zero-order valence-corrected chi connectivity index (χ0v) is 11.5. The van der Waals surface area contributed by atoms with E-state index in [0.717, 1.165) is 5.69 Å². The Kier molecular flexibility index (Phi) is 3.33. The Balaban J connectivity index is 1.76. The van der Waals surface area contributed by atoms with Gasteiger partial charge in [-0.3, -0.25) is 4.68 Å². The lowest BCUT2D eigenvalue weighted by atomic mass is 10.3. The third kappa shape index (κ3) is 2.53. The molecule has 19 heavy (non-hydrogen) atoms. The van der Waals surface area contributed by atoms with E-state index in [1.54, 1.807) is 6.20 Å². The summed E-state index contributed by atoms with van der Waals surface area (Å²) in [6, 6.07) is 2.63. The fourth-order valence-electron chi connectivity index (χ4n) is 2.67. The number of hydrogen-bond donors (Lipinski definition) is 1. The van der Waals surface area contributed by atoms with Gasteiger partial charge in [0, 0.05) is 18.6 Å². The number of nitrogens with zero attached hydrogens (tertiary/aromatic N) is 4. The van der Waals surface area contributed by atoms with E-state index in [1.807, 2.05) is 10.8 Å². The molecular formula is C13H17N5S. The lowest BCUT2D eigenvalue weighted by Gasteiger charge is -2.09. The van der Waals surface area contributed by atoms with Crippen molar-refractivity contribution in [3.8, 4) is 0 Å². The maximum Gasteiger partial charge on any atom is 0.167 e. The second kappa shape index (κ2) is 5.13. The zero-order chi connectivity index (χ0) is 13.2. The van der Waals surface area contributed by atoms with Crippen molar-refractivity contribution < 1.29 is 0 Å². The van der Waals surface area contributed by atoms with Gasteiger partial charge in [-0.1, -0.05) is 25.1 Å². The van der Waals surface area contributed by atoms with Crippen LogP contribution in [-0.4, -0.2) is 24.3 Å². The van der Waals surface area contributed by atoms with Gasteiger partial charge in [-0.25, -0.2) is 4.98 Å². The van der Waals surface area contributed by atoms with E-state index in [4.69, 9.17) is 18.0 Å². The van der Waals surface area contributed by atoms with Crippen LogP contribution >= 0.6 is 12.2 Å². The lowest BCUT2D eigenvalue weighted by molar-refractivity contribution is 0.461. The molecule has 2 aromatic heterocycles. The average molecular weight is 275 g/mol. The number of rotatable bonds is 4. The predicted octanol–water partition coefficient (Wildman–Crippen LogP) is 1.88. The maximum absolute atomic E-state index is 5.64. The van der Waals surface area contributed by atoms with E-state index in [2.05, 4.69) is 27.0 Å². The van der Waals surface area contributed by atoms with Gasteiger partial charge in [0.15, 0.2) is 5.82 Å². The average Bonchev–Trinajstić information content (AvgIpc) is 3.09. The van der Waals surface area contributed by atoms with Crippen LogP contribution in [0.15, 0.2) is 24.7 Å². The first kappa shape index (κ1) is 12.3. The molecule has 0 aliphatic heterocycles. The molecule has 0 bridgehead atoms. The van der Waals surface area contributed by atoms with Crippen LogP contribution in [0.25, 0.3) is 0 Å². The normalized spacial score (nSPS) is 16.0. The molecule has 0 unspecified atom stereocenters. The molecule has 1 fully saturated rings. The standard InChI is InChI=1S/C13H17N5S/c14-12(19)13-15-6-8-17(13)9-10-5-7-18(16-10)11-3-1-2-4-11/h5-8,11H,1-4,9H2,(H2,14,19). The molecule has 2 N–H and O–H groups in total. The van der Waals surface area contributed by atoms with Crippen LogP contribution < -0.4 is 5.73 Å². The lowest BCUT2D eigenvalue weighted by Crippen LogP contribution is -2.17. The Morgan fingerprint density at radius 3 is 2.89 bits per heavy atom. The molecule has 0 radical (unpaired) electrons. The van der Waals surface area contributed by atoms with Gasteiger partial charge in [-0.05, 0) is 18.9 Å². The fraction of sp³-hybridized carbons (Fsp3) is 0.462. The number of aromatic nitrogens is 4. The largest absolute Gasteiger partial charge is 0.387 e. The first-order valence-corrected chi connectivity index (χ1v) is 7.00. The van der Waals surface area contributed by atoms with Crippen molar-refractivity contribution >= 4 is 17.2 Å². The SMILES string of the molecule is NC(=S)c1nccn1Cc1ccn(C2CCCC2)n1. The second-order valence-corrected chi connectivity index (χ2v) is 5.41. The van der Waals surface area contributed by atoms with Crippen molar-refractivity contribution in [2.45, 2.75) is 38.3 Å². The third-order valence-corrected chi connectivity index (χ3v) is 3.81. The van der Waals surface area contributed by atoms with E-state index in [-0.39, 0.29) is 0 Å². The van der Waals surface area contributed by atoms with Crippen molar-refractivity contribution in [2.24, 2.45) is 5.73 Å². The summed E-state index contributed by atoms with van der Waals surface area (Å²) in [6.07, 6.45) is 10.8. The Morgan fingerprint density at radius 1 is 1.37 bits per heavy atom. The number of imidazole rings is 1. The molecule has 2 heterocycles. The van der Waals surface area contributed by atoms with Crippen LogP contribution in [0.2, 0.25) is 0 Å². The topological polar surface area (TPSA) is 61.7 Å². The summed E-state index contributed by atoms with van der Waals surface area (Å²) in [5.41, 5.74) is 6.66. The number of nitrogens with two attached hydrogens (primary N) is 1. The van der Waals surface area contributed by atoms with Gasteiger partial charge in [0.2, 0.25) is 0 Å². The van der Waals surface area contributed by atoms with Gasteiger partial charge < -0.3 is 10.3 Å². The molecule has 1 aliphatic rings. The summed E-state index contributed by atoms with van der Waals surface area (Å²) >= 11 is 4.98. The van der Waals surface area contributed by atoms with Crippen LogP contribution in [0.1, 0.15) is 43.2 Å². The Bertz CT molecular complexity index is 579. The van der Waals surface area contributed by atoms with Crippen LogP contribution in [0.5, 0.6) is 0 Å². The van der Waals surface area contributed by atoms with Crippen molar-refractivity contribution in [3.63, 3.8) is 0 Å². The molecule has 1 saturated carbocycles. The highest BCUT2D eigenvalue weighted by molar-refractivity contribution is 7.80. The molecule has 0 spiro atoms. The highest BCUT2D eigenvalue weighted by Crippen LogP contribution is 2.28. The minimum absolute atomic E-state index is 0.320. The van der Waals surface area contributed by atoms with Gasteiger partial charge in [0.05, 0.1) is 18.3 Å². The Labute approximate surface area is 117 Å². The highest BCUT2D eigenvalue weighted by Gasteiger charge is 2.17. The van der Waals surface area contributed by atoms with E-state index >= 15 is 0 Å². The van der Waals surface area contributed by atoms with Crippen LogP contribution in [0, 0.1) is 0 Å². The minimum atomic E-state index is 0.320. The van der Waals surface area contributed by atoms with E-state index < -0.39 is 0 Å². The molecule has 0 saturated heterocycles. The van der Waals surface area contributed by atoms with Gasteiger partial charge >= 0.3 is 0 Å². The van der Waals surface area contributed by atoms with Crippen molar-refractivity contribution in [1.82, 2.24) is 19.3 Å². The smallest absolute Gasteiger partial charge is 0.167 e. The predicted molar refractivity (Wildman–Crippen MR) is 76.9 cm³/mol. The summed E-state index contributed by atoms with van der Waals surface area (Å²) in [6.45, 7) is 0.659. The minimum Gasteiger partial charge on any atom is -0.387 e. The van der Waals surface area contributed by atoms with Crippen LogP contribution in [0.3, 0.4) is 0 Å². The highest BCUT2D eigenvalue weighted by atomic mass is 32.1. The molecule has 0 aromatic carbocycles. The molecule has 0 atom stereocenters. The maximum atomic E-state index is 5.64. The second-order valence-electron chi connectivity index (χ2n) is 4.97. The van der Waals surface area contributed by atoms with E-state index in [9.17, 15) is 0 Å². The van der Waals surface area contributed by atoms with Crippen molar-refractivity contribution in [1.29, 1.82) is 0 Å². The summed E-state index contributed by atoms with van der Waals surface area (Å²) in [7, 11) is 0. The number of hydrogen-bond acceptors (Lipinski definition) is 3. The van der Waals surface area contributed by atoms with Crippen molar-refractivity contribution in [2.75, 3.05) is 0 Å². The summed E-state index contributed by atoms with van der Waals surface area (Å²) in [5.74, 6) is 0.644. The molecule has 100 valence electrons. The van der Waals surface area contributed by atoms with Gasteiger partial charge in [-0.2, -0.15) is 5.10 Å². The van der Waals surface area contributed by atoms with Crippen LogP contribution in [0.4, 0.5) is 0 Å². The van der Waals surface area contributed by atoms with Crippen molar-refractivity contribution in [3.05, 3.63) is 36.2 Å². The molecule has 2 aromatic rings. The summed E-state index contributed by atoms with van der Waals surface area (Å²) in [4.78, 5) is 4.48. The Hall–Kier alpha value is -1.69. The fourth-order valence-corrected chi connectivity index (χ4v) is 2.84.